The Morgan fingerprint density at radius 1 is 1.45 bits per heavy atom. The van der Waals surface area contributed by atoms with Crippen LogP contribution in [0.1, 0.15) is 12.5 Å². The first-order valence-electron chi connectivity index (χ1n) is 6.50. The summed E-state index contributed by atoms with van der Waals surface area (Å²) in [6.45, 7) is 2.38. The van der Waals surface area contributed by atoms with Gasteiger partial charge in [-0.1, -0.05) is 12.1 Å². The molecule has 0 saturated carbocycles. The molecule has 2 rings (SSSR count). The summed E-state index contributed by atoms with van der Waals surface area (Å²) in [5.74, 6) is -0.384. The monoisotopic (exact) mass is 278 g/mol. The van der Waals surface area contributed by atoms with Crippen LogP contribution in [0.5, 0.6) is 0 Å². The molecule has 20 heavy (non-hydrogen) atoms. The number of amides is 1. The highest BCUT2D eigenvalue weighted by Gasteiger charge is 2.32. The number of ether oxygens (including phenoxy) is 2. The Morgan fingerprint density at radius 2 is 2.15 bits per heavy atom. The van der Waals surface area contributed by atoms with Crippen LogP contribution in [0.25, 0.3) is 0 Å². The zero-order valence-corrected chi connectivity index (χ0v) is 11.4. The van der Waals surface area contributed by atoms with E-state index in [1.54, 1.807) is 0 Å². The third-order valence-corrected chi connectivity index (χ3v) is 3.03. The van der Waals surface area contributed by atoms with Gasteiger partial charge in [-0.05, 0) is 30.7 Å². The predicted molar refractivity (Wildman–Crippen MR) is 73.4 cm³/mol. The largest absolute Gasteiger partial charge is 0.462 e. The van der Waals surface area contributed by atoms with Gasteiger partial charge in [0.1, 0.15) is 6.61 Å². The van der Waals surface area contributed by atoms with Crippen molar-refractivity contribution in [3.05, 3.63) is 29.8 Å². The summed E-state index contributed by atoms with van der Waals surface area (Å²) >= 11 is 0. The molecule has 1 aliphatic heterocycles. The van der Waals surface area contributed by atoms with Crippen LogP contribution in [0.3, 0.4) is 0 Å². The van der Waals surface area contributed by atoms with Gasteiger partial charge in [-0.2, -0.15) is 0 Å². The van der Waals surface area contributed by atoms with Crippen molar-refractivity contribution < 1.29 is 19.1 Å². The highest BCUT2D eigenvalue weighted by atomic mass is 16.6. The van der Waals surface area contributed by atoms with Gasteiger partial charge in [0.2, 0.25) is 0 Å². The number of carbonyl (C=O) groups excluding carboxylic acids is 2. The maximum atomic E-state index is 11.8. The smallest absolute Gasteiger partial charge is 0.414 e. The van der Waals surface area contributed by atoms with E-state index in [9.17, 15) is 9.59 Å². The van der Waals surface area contributed by atoms with Crippen LogP contribution in [0.4, 0.5) is 10.5 Å². The Bertz CT molecular complexity index is 486. The topological polar surface area (TPSA) is 81.9 Å². The first-order valence-corrected chi connectivity index (χ1v) is 6.50. The molecule has 0 radical (unpaired) electrons. The van der Waals surface area contributed by atoms with Crippen LogP contribution in [-0.4, -0.2) is 37.9 Å². The standard InChI is InChI=1S/C14H18N2O4/c1-10(17)19-9-13-8-16(14(18)20-13)12-4-2-11(3-5-12)6-7-15/h2-5,13H,6-9,15H2,1H3/t13-/m1/s1. The van der Waals surface area contributed by atoms with E-state index in [-0.39, 0.29) is 12.6 Å². The Kier molecular flexibility index (Phi) is 4.57. The van der Waals surface area contributed by atoms with Gasteiger partial charge in [0.25, 0.3) is 0 Å². The van der Waals surface area contributed by atoms with Crippen molar-refractivity contribution >= 4 is 17.7 Å². The van der Waals surface area contributed by atoms with Crippen LogP contribution in [0, 0.1) is 0 Å². The van der Waals surface area contributed by atoms with E-state index >= 15 is 0 Å². The number of hydrogen-bond donors (Lipinski definition) is 1. The van der Waals surface area contributed by atoms with E-state index in [2.05, 4.69) is 0 Å². The Hall–Kier alpha value is -2.08. The molecule has 2 N–H and O–H groups in total. The van der Waals surface area contributed by atoms with E-state index in [1.807, 2.05) is 24.3 Å². The van der Waals surface area contributed by atoms with Crippen molar-refractivity contribution in [1.29, 1.82) is 0 Å². The van der Waals surface area contributed by atoms with Crippen LogP contribution >= 0.6 is 0 Å². The lowest BCUT2D eigenvalue weighted by Crippen LogP contribution is -2.26. The molecule has 6 nitrogen and oxygen atoms in total. The summed E-state index contributed by atoms with van der Waals surface area (Å²) in [6, 6.07) is 7.60. The second-order valence-corrected chi connectivity index (χ2v) is 4.62. The average Bonchev–Trinajstić information content (AvgIpc) is 2.79. The number of benzene rings is 1. The van der Waals surface area contributed by atoms with Gasteiger partial charge < -0.3 is 15.2 Å². The first kappa shape index (κ1) is 14.3. The minimum absolute atomic E-state index is 0.0861. The van der Waals surface area contributed by atoms with Crippen LogP contribution in [-0.2, 0) is 20.7 Å². The number of rotatable bonds is 5. The summed E-state index contributed by atoms with van der Waals surface area (Å²) in [7, 11) is 0. The molecule has 1 aromatic carbocycles. The number of carbonyl (C=O) groups is 2. The second-order valence-electron chi connectivity index (χ2n) is 4.62. The molecule has 108 valence electrons. The van der Waals surface area contributed by atoms with Crippen molar-refractivity contribution in [3.8, 4) is 0 Å². The lowest BCUT2D eigenvalue weighted by molar-refractivity contribution is -0.143. The third kappa shape index (κ3) is 3.48. The lowest BCUT2D eigenvalue weighted by Gasteiger charge is -2.13. The van der Waals surface area contributed by atoms with E-state index < -0.39 is 12.2 Å². The molecule has 1 amide bonds. The predicted octanol–water partition coefficient (Wildman–Crippen LogP) is 1.08. The minimum atomic E-state index is -0.422. The van der Waals surface area contributed by atoms with E-state index in [0.29, 0.717) is 13.1 Å². The molecule has 6 heteroatoms. The quantitative estimate of drug-likeness (QED) is 0.815. The number of nitrogens with two attached hydrogens (primary N) is 1. The van der Waals surface area contributed by atoms with Gasteiger partial charge in [-0.3, -0.25) is 9.69 Å². The number of esters is 1. The first-order chi connectivity index (χ1) is 9.60. The third-order valence-electron chi connectivity index (χ3n) is 3.03. The molecule has 0 spiro atoms. The summed E-state index contributed by atoms with van der Waals surface area (Å²) in [4.78, 5) is 24.1. The van der Waals surface area contributed by atoms with Crippen molar-refractivity contribution in [2.24, 2.45) is 5.73 Å². The zero-order chi connectivity index (χ0) is 14.5. The molecule has 0 bridgehead atoms. The lowest BCUT2D eigenvalue weighted by atomic mass is 10.1. The molecule has 1 aliphatic rings. The zero-order valence-electron chi connectivity index (χ0n) is 11.4. The van der Waals surface area contributed by atoms with Crippen molar-refractivity contribution in [2.75, 3.05) is 24.6 Å². The highest BCUT2D eigenvalue weighted by molar-refractivity contribution is 5.89. The minimum Gasteiger partial charge on any atom is -0.462 e. The molecule has 1 aromatic rings. The van der Waals surface area contributed by atoms with Gasteiger partial charge >= 0.3 is 12.1 Å². The summed E-state index contributed by atoms with van der Waals surface area (Å²) < 4.78 is 10.00. The number of anilines is 1. The maximum Gasteiger partial charge on any atom is 0.414 e. The van der Waals surface area contributed by atoms with Gasteiger partial charge in [0.05, 0.1) is 6.54 Å². The molecular weight excluding hydrogens is 260 g/mol. The molecule has 1 heterocycles. The molecule has 1 fully saturated rings. The molecule has 1 saturated heterocycles. The number of hydrogen-bond acceptors (Lipinski definition) is 5. The maximum absolute atomic E-state index is 11.8. The van der Waals surface area contributed by atoms with Crippen molar-refractivity contribution in [3.63, 3.8) is 0 Å². The molecule has 1 atom stereocenters. The van der Waals surface area contributed by atoms with Crippen LogP contribution in [0.2, 0.25) is 0 Å². The van der Waals surface area contributed by atoms with Gasteiger partial charge in [-0.15, -0.1) is 0 Å². The summed E-state index contributed by atoms with van der Waals surface area (Å²) in [5.41, 5.74) is 7.38. The molecule has 0 unspecified atom stereocenters. The fourth-order valence-corrected chi connectivity index (χ4v) is 2.04. The number of cyclic esters (lactones) is 1. The summed E-state index contributed by atoms with van der Waals surface area (Å²) in [6.07, 6.45) is -0.0383. The van der Waals surface area contributed by atoms with E-state index in [1.165, 1.54) is 11.8 Å². The second kappa shape index (κ2) is 6.38. The Labute approximate surface area is 117 Å². The van der Waals surface area contributed by atoms with Crippen LogP contribution < -0.4 is 10.6 Å². The highest BCUT2D eigenvalue weighted by Crippen LogP contribution is 2.22. The Morgan fingerprint density at radius 3 is 2.75 bits per heavy atom. The van der Waals surface area contributed by atoms with Crippen molar-refractivity contribution in [2.45, 2.75) is 19.4 Å². The molecule has 0 aliphatic carbocycles. The normalized spacial score (nSPS) is 18.0. The van der Waals surface area contributed by atoms with Crippen molar-refractivity contribution in [1.82, 2.24) is 0 Å². The SMILES string of the molecule is CC(=O)OC[C@H]1CN(c2ccc(CCN)cc2)C(=O)O1. The van der Waals surface area contributed by atoms with Gasteiger partial charge in [-0.25, -0.2) is 4.79 Å². The van der Waals surface area contributed by atoms with E-state index in [0.717, 1.165) is 17.7 Å². The van der Waals surface area contributed by atoms with Crippen LogP contribution in [0.15, 0.2) is 24.3 Å². The molecular formula is C14H18N2O4. The number of nitrogens with zero attached hydrogens (tertiary/aromatic N) is 1. The van der Waals surface area contributed by atoms with Gasteiger partial charge in [0, 0.05) is 12.6 Å². The fourth-order valence-electron chi connectivity index (χ4n) is 2.04. The molecule has 0 aromatic heterocycles. The summed E-state index contributed by atoms with van der Waals surface area (Å²) in [5, 5.41) is 0. The van der Waals surface area contributed by atoms with Gasteiger partial charge in [0.15, 0.2) is 6.10 Å². The fraction of sp³-hybridized carbons (Fsp3) is 0.429. The Balaban J connectivity index is 1.98. The average molecular weight is 278 g/mol. The van der Waals surface area contributed by atoms with E-state index in [4.69, 9.17) is 15.2 Å².